The molecule has 2 rings (SSSR count). The van der Waals surface area contributed by atoms with Crippen molar-refractivity contribution in [2.24, 2.45) is 11.8 Å². The van der Waals surface area contributed by atoms with Gasteiger partial charge in [0.15, 0.2) is 0 Å². The van der Waals surface area contributed by atoms with Gasteiger partial charge in [-0.1, -0.05) is 12.2 Å². The van der Waals surface area contributed by atoms with E-state index >= 15 is 0 Å². The number of carbonyl (C=O) groups excluding carboxylic acids is 1. The molecule has 2 atom stereocenters. The molecule has 18 heavy (non-hydrogen) atoms. The molecule has 0 spiro atoms. The summed E-state index contributed by atoms with van der Waals surface area (Å²) in [5.74, 6) is -1.77. The van der Waals surface area contributed by atoms with Crippen LogP contribution in [0.15, 0.2) is 12.2 Å². The third kappa shape index (κ3) is 2.28. The molecule has 1 heterocycles. The largest absolute Gasteiger partial charge is 0.481 e. The zero-order valence-corrected chi connectivity index (χ0v) is 11.1. The Kier molecular flexibility index (Phi) is 3.46. The van der Waals surface area contributed by atoms with Gasteiger partial charge in [0.2, 0.25) is 5.91 Å². The van der Waals surface area contributed by atoms with Gasteiger partial charge in [-0.05, 0) is 39.5 Å². The number of carboxylic acids is 1. The third-order valence-corrected chi connectivity index (χ3v) is 4.23. The summed E-state index contributed by atoms with van der Waals surface area (Å²) in [5, 5.41) is 9.23. The standard InChI is InChI=1S/C14H21NO3/c1-14(2)8-5-9-15(14)12(16)10-6-3-4-7-11(10)13(17)18/h3-4,10-11H,5-9H2,1-2H3,(H,17,18)/t10-,11+/m1/s1. The molecule has 1 amide bonds. The van der Waals surface area contributed by atoms with E-state index in [1.54, 1.807) is 0 Å². The number of amides is 1. The minimum atomic E-state index is -0.852. The van der Waals surface area contributed by atoms with E-state index in [1.807, 2.05) is 17.1 Å². The van der Waals surface area contributed by atoms with Crippen LogP contribution in [0.4, 0.5) is 0 Å². The molecule has 100 valence electrons. The lowest BCUT2D eigenvalue weighted by Gasteiger charge is -2.36. The number of allylic oxidation sites excluding steroid dienone is 2. The summed E-state index contributed by atoms with van der Waals surface area (Å²) in [5.41, 5.74) is -0.124. The van der Waals surface area contributed by atoms with Gasteiger partial charge in [-0.2, -0.15) is 0 Å². The molecule has 1 N–H and O–H groups in total. The van der Waals surface area contributed by atoms with Crippen LogP contribution in [0.1, 0.15) is 39.5 Å². The Morgan fingerprint density at radius 2 is 1.83 bits per heavy atom. The molecule has 1 aliphatic carbocycles. The van der Waals surface area contributed by atoms with Gasteiger partial charge in [-0.15, -0.1) is 0 Å². The molecule has 1 fully saturated rings. The Bertz CT molecular complexity index is 387. The van der Waals surface area contributed by atoms with Gasteiger partial charge in [0, 0.05) is 12.1 Å². The number of nitrogens with zero attached hydrogens (tertiary/aromatic N) is 1. The van der Waals surface area contributed by atoms with Crippen molar-refractivity contribution in [3.8, 4) is 0 Å². The smallest absolute Gasteiger partial charge is 0.307 e. The van der Waals surface area contributed by atoms with Crippen LogP contribution in [0, 0.1) is 11.8 Å². The minimum absolute atomic E-state index is 0.0225. The van der Waals surface area contributed by atoms with Crippen molar-refractivity contribution in [1.82, 2.24) is 4.90 Å². The van der Waals surface area contributed by atoms with E-state index in [-0.39, 0.29) is 17.4 Å². The van der Waals surface area contributed by atoms with Crippen LogP contribution in [-0.2, 0) is 9.59 Å². The fraction of sp³-hybridized carbons (Fsp3) is 0.714. The van der Waals surface area contributed by atoms with E-state index in [9.17, 15) is 14.7 Å². The van der Waals surface area contributed by atoms with Crippen molar-refractivity contribution in [3.05, 3.63) is 12.2 Å². The number of hydrogen-bond donors (Lipinski definition) is 1. The highest BCUT2D eigenvalue weighted by Gasteiger charge is 2.42. The van der Waals surface area contributed by atoms with Crippen molar-refractivity contribution in [1.29, 1.82) is 0 Å². The number of carboxylic acid groups (broad SMARTS) is 1. The fourth-order valence-corrected chi connectivity index (χ4v) is 3.08. The van der Waals surface area contributed by atoms with Crippen molar-refractivity contribution in [2.45, 2.75) is 45.1 Å². The normalized spacial score (nSPS) is 30.4. The van der Waals surface area contributed by atoms with E-state index in [1.165, 1.54) is 0 Å². The van der Waals surface area contributed by atoms with Crippen molar-refractivity contribution >= 4 is 11.9 Å². The van der Waals surface area contributed by atoms with Gasteiger partial charge < -0.3 is 10.0 Å². The maximum Gasteiger partial charge on any atom is 0.307 e. The number of rotatable bonds is 2. The van der Waals surface area contributed by atoms with Crippen LogP contribution >= 0.6 is 0 Å². The highest BCUT2D eigenvalue weighted by atomic mass is 16.4. The quantitative estimate of drug-likeness (QED) is 0.764. The number of hydrogen-bond acceptors (Lipinski definition) is 2. The lowest BCUT2D eigenvalue weighted by molar-refractivity contribution is -0.152. The Morgan fingerprint density at radius 3 is 2.33 bits per heavy atom. The predicted octanol–water partition coefficient (Wildman–Crippen LogP) is 2.05. The molecule has 0 saturated carbocycles. The second-order valence-corrected chi connectivity index (χ2v) is 5.90. The average Bonchev–Trinajstić information content (AvgIpc) is 2.68. The van der Waals surface area contributed by atoms with E-state index in [4.69, 9.17) is 0 Å². The van der Waals surface area contributed by atoms with Gasteiger partial charge in [-0.3, -0.25) is 9.59 Å². The topological polar surface area (TPSA) is 57.6 Å². The number of carbonyl (C=O) groups is 2. The fourth-order valence-electron chi connectivity index (χ4n) is 3.08. The first-order chi connectivity index (χ1) is 8.43. The molecule has 0 aromatic carbocycles. The molecule has 4 nitrogen and oxygen atoms in total. The second kappa shape index (κ2) is 4.75. The third-order valence-electron chi connectivity index (χ3n) is 4.23. The predicted molar refractivity (Wildman–Crippen MR) is 68.0 cm³/mol. The molecular weight excluding hydrogens is 230 g/mol. The first-order valence-corrected chi connectivity index (χ1v) is 6.63. The van der Waals surface area contributed by atoms with Gasteiger partial charge >= 0.3 is 5.97 Å². The number of likely N-dealkylation sites (tertiary alicyclic amines) is 1. The first-order valence-electron chi connectivity index (χ1n) is 6.63. The summed E-state index contributed by atoms with van der Waals surface area (Å²) in [6.45, 7) is 4.89. The Hall–Kier alpha value is -1.32. The highest BCUT2D eigenvalue weighted by Crippen LogP contribution is 2.34. The number of aliphatic carboxylic acids is 1. The lowest BCUT2D eigenvalue weighted by atomic mass is 9.81. The average molecular weight is 251 g/mol. The zero-order valence-electron chi connectivity index (χ0n) is 11.1. The van der Waals surface area contributed by atoms with Crippen molar-refractivity contribution in [2.75, 3.05) is 6.54 Å². The molecular formula is C14H21NO3. The van der Waals surface area contributed by atoms with E-state index < -0.39 is 11.9 Å². The summed E-state index contributed by atoms with van der Waals surface area (Å²) < 4.78 is 0. The van der Waals surface area contributed by atoms with Crippen LogP contribution in [0.25, 0.3) is 0 Å². The highest BCUT2D eigenvalue weighted by molar-refractivity contribution is 5.86. The Labute approximate surface area is 108 Å². The lowest BCUT2D eigenvalue weighted by Crippen LogP contribution is -2.48. The minimum Gasteiger partial charge on any atom is -0.481 e. The molecule has 4 heteroatoms. The van der Waals surface area contributed by atoms with Gasteiger partial charge in [0.05, 0.1) is 11.8 Å². The van der Waals surface area contributed by atoms with E-state index in [0.717, 1.165) is 19.4 Å². The monoisotopic (exact) mass is 251 g/mol. The molecule has 0 radical (unpaired) electrons. The maximum atomic E-state index is 12.6. The zero-order chi connectivity index (χ0) is 13.3. The molecule has 0 bridgehead atoms. The van der Waals surface area contributed by atoms with Gasteiger partial charge in [0.1, 0.15) is 0 Å². The van der Waals surface area contributed by atoms with Crippen molar-refractivity contribution in [3.63, 3.8) is 0 Å². The van der Waals surface area contributed by atoms with Crippen LogP contribution in [0.3, 0.4) is 0 Å². The maximum absolute atomic E-state index is 12.6. The van der Waals surface area contributed by atoms with Crippen LogP contribution in [0.2, 0.25) is 0 Å². The molecule has 2 aliphatic rings. The molecule has 1 saturated heterocycles. The van der Waals surface area contributed by atoms with Crippen molar-refractivity contribution < 1.29 is 14.7 Å². The molecule has 0 aromatic heterocycles. The molecule has 1 aliphatic heterocycles. The Morgan fingerprint density at radius 1 is 1.22 bits per heavy atom. The SMILES string of the molecule is CC1(C)CCCN1C(=O)[C@@H]1CC=CC[C@@H]1C(=O)O. The van der Waals surface area contributed by atoms with Crippen LogP contribution < -0.4 is 0 Å². The van der Waals surface area contributed by atoms with Gasteiger partial charge in [-0.25, -0.2) is 0 Å². The van der Waals surface area contributed by atoms with Crippen LogP contribution in [0.5, 0.6) is 0 Å². The van der Waals surface area contributed by atoms with Gasteiger partial charge in [0.25, 0.3) is 0 Å². The van der Waals surface area contributed by atoms with E-state index in [0.29, 0.717) is 12.8 Å². The second-order valence-electron chi connectivity index (χ2n) is 5.90. The summed E-state index contributed by atoms with van der Waals surface area (Å²) in [7, 11) is 0. The van der Waals surface area contributed by atoms with E-state index in [2.05, 4.69) is 13.8 Å². The first kappa shape index (κ1) is 13.1. The molecule has 0 unspecified atom stereocenters. The summed E-state index contributed by atoms with van der Waals surface area (Å²) in [4.78, 5) is 25.7. The summed E-state index contributed by atoms with van der Waals surface area (Å²) >= 11 is 0. The van der Waals surface area contributed by atoms with Crippen LogP contribution in [-0.4, -0.2) is 34.0 Å². The summed E-state index contributed by atoms with van der Waals surface area (Å²) in [6, 6.07) is 0. The molecule has 0 aromatic rings. The summed E-state index contributed by atoms with van der Waals surface area (Å²) in [6.07, 6.45) is 6.85. The Balaban J connectivity index is 2.17.